The average Bonchev–Trinajstić information content (AvgIpc) is 3.00. The van der Waals surface area contributed by atoms with E-state index in [1.807, 2.05) is 6.07 Å². The van der Waals surface area contributed by atoms with Crippen molar-refractivity contribution in [3.8, 4) is 6.07 Å². The third-order valence-corrected chi connectivity index (χ3v) is 3.45. The largest absolute Gasteiger partial charge is 0.394 e. The van der Waals surface area contributed by atoms with E-state index in [2.05, 4.69) is 9.97 Å². The molecular formula is C12H13N5O3. The Morgan fingerprint density at radius 3 is 3.00 bits per heavy atom. The minimum Gasteiger partial charge on any atom is -0.394 e. The summed E-state index contributed by atoms with van der Waals surface area (Å²) in [6.45, 7) is -0.265. The molecule has 1 aliphatic rings. The molecule has 0 saturated carbocycles. The molecule has 2 aromatic rings. The van der Waals surface area contributed by atoms with E-state index in [1.165, 1.54) is 6.33 Å². The molecule has 0 bridgehead atoms. The van der Waals surface area contributed by atoms with Crippen LogP contribution in [0.4, 0.5) is 5.82 Å². The summed E-state index contributed by atoms with van der Waals surface area (Å²) in [4.78, 5) is 8.00. The zero-order chi connectivity index (χ0) is 14.3. The Morgan fingerprint density at radius 1 is 1.55 bits per heavy atom. The Hall–Kier alpha value is -2.21. The maximum absolute atomic E-state index is 9.79. The third-order valence-electron chi connectivity index (χ3n) is 3.45. The van der Waals surface area contributed by atoms with Crippen molar-refractivity contribution in [2.75, 3.05) is 12.3 Å². The van der Waals surface area contributed by atoms with Crippen molar-refractivity contribution >= 4 is 16.9 Å². The SMILES string of the molecule is N#Cc1cn([C@H]2C[C@H](O)C(CO)O2)c2ncnc(N)c12. The Labute approximate surface area is 114 Å². The summed E-state index contributed by atoms with van der Waals surface area (Å²) in [6.07, 6.45) is 1.30. The van der Waals surface area contributed by atoms with Crippen LogP contribution in [0.2, 0.25) is 0 Å². The molecule has 8 heteroatoms. The number of nitriles is 1. The molecule has 0 radical (unpaired) electrons. The number of nitrogen functional groups attached to an aromatic ring is 1. The monoisotopic (exact) mass is 275 g/mol. The number of anilines is 1. The quantitative estimate of drug-likeness (QED) is 0.675. The van der Waals surface area contributed by atoms with Gasteiger partial charge in [0.2, 0.25) is 0 Å². The van der Waals surface area contributed by atoms with Crippen LogP contribution < -0.4 is 5.73 Å². The molecule has 1 saturated heterocycles. The van der Waals surface area contributed by atoms with Crippen LogP contribution in [0.1, 0.15) is 18.2 Å². The van der Waals surface area contributed by atoms with Gasteiger partial charge in [-0.1, -0.05) is 0 Å². The van der Waals surface area contributed by atoms with Gasteiger partial charge in [0.05, 0.1) is 23.7 Å². The summed E-state index contributed by atoms with van der Waals surface area (Å²) in [5.41, 5.74) is 6.61. The highest BCUT2D eigenvalue weighted by Gasteiger charge is 2.35. The third kappa shape index (κ3) is 1.80. The molecule has 0 amide bonds. The number of rotatable bonds is 2. The normalized spacial score (nSPS) is 25.9. The molecule has 1 unspecified atom stereocenters. The second kappa shape index (κ2) is 4.72. The first kappa shape index (κ1) is 12.8. The lowest BCUT2D eigenvalue weighted by molar-refractivity contribution is -0.0430. The number of hydrogen-bond acceptors (Lipinski definition) is 7. The summed E-state index contributed by atoms with van der Waals surface area (Å²) >= 11 is 0. The summed E-state index contributed by atoms with van der Waals surface area (Å²) in [6, 6.07) is 2.04. The number of nitrogens with zero attached hydrogens (tertiary/aromatic N) is 4. The number of nitrogens with two attached hydrogens (primary N) is 1. The van der Waals surface area contributed by atoms with Crippen LogP contribution in [0, 0.1) is 11.3 Å². The highest BCUT2D eigenvalue weighted by Crippen LogP contribution is 2.33. The Bertz CT molecular complexity index is 692. The predicted molar refractivity (Wildman–Crippen MR) is 68.3 cm³/mol. The van der Waals surface area contributed by atoms with Crippen LogP contribution in [0.15, 0.2) is 12.5 Å². The molecule has 1 fully saturated rings. The standard InChI is InChI=1S/C12H13N5O3/c13-2-6-3-17(9-1-7(19)8(4-18)20-9)12-10(6)11(14)15-5-16-12/h3,5,7-9,18-19H,1,4H2,(H2,14,15,16)/t7-,8?,9+/m0/s1. The molecular weight excluding hydrogens is 262 g/mol. The van der Waals surface area contributed by atoms with E-state index < -0.39 is 18.4 Å². The van der Waals surface area contributed by atoms with Gasteiger partial charge < -0.3 is 25.3 Å². The van der Waals surface area contributed by atoms with Crippen LogP contribution in [-0.2, 0) is 4.74 Å². The van der Waals surface area contributed by atoms with Crippen molar-refractivity contribution in [3.05, 3.63) is 18.1 Å². The van der Waals surface area contributed by atoms with Gasteiger partial charge in [0.25, 0.3) is 0 Å². The molecule has 0 aromatic carbocycles. The van der Waals surface area contributed by atoms with Gasteiger partial charge in [0.1, 0.15) is 36.2 Å². The number of hydrogen-bond donors (Lipinski definition) is 3. The van der Waals surface area contributed by atoms with Crippen LogP contribution >= 0.6 is 0 Å². The average molecular weight is 275 g/mol. The number of fused-ring (bicyclic) bond motifs is 1. The van der Waals surface area contributed by atoms with Gasteiger partial charge in [-0.15, -0.1) is 0 Å². The second-order valence-corrected chi connectivity index (χ2v) is 4.63. The zero-order valence-electron chi connectivity index (χ0n) is 10.5. The van der Waals surface area contributed by atoms with Crippen molar-refractivity contribution in [1.82, 2.24) is 14.5 Å². The van der Waals surface area contributed by atoms with E-state index in [4.69, 9.17) is 20.8 Å². The van der Waals surface area contributed by atoms with Gasteiger partial charge >= 0.3 is 0 Å². The summed E-state index contributed by atoms with van der Waals surface area (Å²) in [7, 11) is 0. The summed E-state index contributed by atoms with van der Waals surface area (Å²) < 4.78 is 7.21. The fourth-order valence-corrected chi connectivity index (χ4v) is 2.46. The molecule has 3 heterocycles. The van der Waals surface area contributed by atoms with Crippen LogP contribution in [0.5, 0.6) is 0 Å². The van der Waals surface area contributed by atoms with Crippen molar-refractivity contribution in [2.24, 2.45) is 0 Å². The molecule has 4 N–H and O–H groups in total. The Morgan fingerprint density at radius 2 is 2.35 bits per heavy atom. The molecule has 2 aromatic heterocycles. The van der Waals surface area contributed by atoms with E-state index >= 15 is 0 Å². The van der Waals surface area contributed by atoms with Gasteiger partial charge in [0.15, 0.2) is 0 Å². The van der Waals surface area contributed by atoms with Crippen LogP contribution in [-0.4, -0.2) is 43.6 Å². The number of aliphatic hydroxyl groups is 2. The second-order valence-electron chi connectivity index (χ2n) is 4.63. The van der Waals surface area contributed by atoms with E-state index in [-0.39, 0.29) is 12.4 Å². The van der Waals surface area contributed by atoms with Gasteiger partial charge in [0, 0.05) is 12.6 Å². The van der Waals surface area contributed by atoms with Gasteiger partial charge in [-0.05, 0) is 0 Å². The molecule has 104 valence electrons. The van der Waals surface area contributed by atoms with Gasteiger partial charge in [-0.2, -0.15) is 5.26 Å². The molecule has 1 aliphatic heterocycles. The van der Waals surface area contributed by atoms with Crippen molar-refractivity contribution in [2.45, 2.75) is 24.9 Å². The Kier molecular flexibility index (Phi) is 3.02. The number of aliphatic hydroxyl groups excluding tert-OH is 2. The molecule has 8 nitrogen and oxygen atoms in total. The van der Waals surface area contributed by atoms with E-state index in [1.54, 1.807) is 10.8 Å². The van der Waals surface area contributed by atoms with Crippen molar-refractivity contribution in [1.29, 1.82) is 5.26 Å². The lowest BCUT2D eigenvalue weighted by Gasteiger charge is -2.14. The van der Waals surface area contributed by atoms with E-state index in [0.717, 1.165) is 0 Å². The highest BCUT2D eigenvalue weighted by atomic mass is 16.5. The van der Waals surface area contributed by atoms with Crippen molar-refractivity contribution < 1.29 is 14.9 Å². The van der Waals surface area contributed by atoms with E-state index in [0.29, 0.717) is 23.0 Å². The predicted octanol–water partition coefficient (Wildman–Crippen LogP) is -0.474. The first-order valence-electron chi connectivity index (χ1n) is 6.11. The lowest BCUT2D eigenvalue weighted by atomic mass is 10.2. The molecule has 0 spiro atoms. The van der Waals surface area contributed by atoms with E-state index in [9.17, 15) is 5.11 Å². The lowest BCUT2D eigenvalue weighted by Crippen LogP contribution is -2.24. The fourth-order valence-electron chi connectivity index (χ4n) is 2.46. The van der Waals surface area contributed by atoms with Gasteiger partial charge in [-0.3, -0.25) is 0 Å². The molecule has 20 heavy (non-hydrogen) atoms. The van der Waals surface area contributed by atoms with Crippen LogP contribution in [0.25, 0.3) is 11.0 Å². The molecule has 0 aliphatic carbocycles. The minimum atomic E-state index is -0.757. The maximum atomic E-state index is 9.79. The topological polar surface area (TPSA) is 130 Å². The fraction of sp³-hybridized carbons (Fsp3) is 0.417. The molecule has 3 atom stereocenters. The molecule has 3 rings (SSSR count). The summed E-state index contributed by atoms with van der Waals surface area (Å²) in [5, 5.41) is 28.5. The minimum absolute atomic E-state index is 0.225. The Balaban J connectivity index is 2.10. The summed E-state index contributed by atoms with van der Waals surface area (Å²) in [5.74, 6) is 0.225. The van der Waals surface area contributed by atoms with Crippen LogP contribution in [0.3, 0.4) is 0 Å². The highest BCUT2D eigenvalue weighted by molar-refractivity contribution is 5.91. The number of aromatic nitrogens is 3. The zero-order valence-corrected chi connectivity index (χ0v) is 10.5. The van der Waals surface area contributed by atoms with Crippen molar-refractivity contribution in [3.63, 3.8) is 0 Å². The first-order chi connectivity index (χ1) is 9.65. The van der Waals surface area contributed by atoms with Gasteiger partial charge in [-0.25, -0.2) is 9.97 Å². The maximum Gasteiger partial charge on any atom is 0.148 e. The first-order valence-corrected chi connectivity index (χ1v) is 6.11. The number of ether oxygens (including phenoxy) is 1. The smallest absolute Gasteiger partial charge is 0.148 e.